The molecule has 0 amide bonds. The summed E-state index contributed by atoms with van der Waals surface area (Å²) in [6.07, 6.45) is 0. The number of hydrogen-bond donors (Lipinski definition) is 1. The maximum absolute atomic E-state index is 12.2. The van der Waals surface area contributed by atoms with Crippen LogP contribution < -0.4 is 10.1 Å². The van der Waals surface area contributed by atoms with Gasteiger partial charge in [-0.05, 0) is 44.8 Å². The molecule has 0 aliphatic heterocycles. The highest BCUT2D eigenvalue weighted by molar-refractivity contribution is 9.10. The molecule has 1 aromatic carbocycles. The first-order chi connectivity index (χ1) is 9.99. The van der Waals surface area contributed by atoms with Gasteiger partial charge in [-0.15, -0.1) is 0 Å². The SMILES string of the molecule is CCOC(=O)C(NCCN(C)C)c1cc(OC)ccc1Br. The van der Waals surface area contributed by atoms with Crippen molar-refractivity contribution >= 4 is 21.9 Å². The van der Waals surface area contributed by atoms with E-state index in [2.05, 4.69) is 26.1 Å². The lowest BCUT2D eigenvalue weighted by Crippen LogP contribution is -2.35. The number of benzene rings is 1. The molecule has 0 saturated heterocycles. The lowest BCUT2D eigenvalue weighted by atomic mass is 10.1. The summed E-state index contributed by atoms with van der Waals surface area (Å²) in [5.74, 6) is 0.419. The van der Waals surface area contributed by atoms with Crippen LogP contribution in [0.4, 0.5) is 0 Å². The first-order valence-electron chi connectivity index (χ1n) is 6.87. The molecule has 1 N–H and O–H groups in total. The van der Waals surface area contributed by atoms with E-state index in [0.717, 1.165) is 16.6 Å². The Morgan fingerprint density at radius 2 is 2.14 bits per heavy atom. The van der Waals surface area contributed by atoms with Gasteiger partial charge >= 0.3 is 5.97 Å². The predicted molar refractivity (Wildman–Crippen MR) is 86.6 cm³/mol. The van der Waals surface area contributed by atoms with Crippen molar-refractivity contribution in [3.05, 3.63) is 28.2 Å². The summed E-state index contributed by atoms with van der Waals surface area (Å²) < 4.78 is 11.2. The normalized spacial score (nSPS) is 12.3. The Morgan fingerprint density at radius 1 is 1.43 bits per heavy atom. The molecule has 1 rings (SSSR count). The van der Waals surface area contributed by atoms with Crippen LogP contribution in [-0.2, 0) is 9.53 Å². The number of halogens is 1. The van der Waals surface area contributed by atoms with Crippen molar-refractivity contribution in [2.24, 2.45) is 0 Å². The van der Waals surface area contributed by atoms with Crippen molar-refractivity contribution in [3.8, 4) is 5.75 Å². The average Bonchev–Trinajstić information content (AvgIpc) is 2.44. The van der Waals surface area contributed by atoms with E-state index in [1.165, 1.54) is 0 Å². The Hall–Kier alpha value is -1.11. The van der Waals surface area contributed by atoms with E-state index >= 15 is 0 Å². The summed E-state index contributed by atoms with van der Waals surface area (Å²) in [6.45, 7) is 3.67. The first-order valence-corrected chi connectivity index (χ1v) is 7.67. The van der Waals surface area contributed by atoms with Gasteiger partial charge in [0.1, 0.15) is 11.8 Å². The second-order valence-corrected chi connectivity index (χ2v) is 5.68. The minimum absolute atomic E-state index is 0.287. The fraction of sp³-hybridized carbons (Fsp3) is 0.533. The molecule has 0 aromatic heterocycles. The van der Waals surface area contributed by atoms with E-state index < -0.39 is 6.04 Å². The van der Waals surface area contributed by atoms with E-state index in [9.17, 15) is 4.79 Å². The number of nitrogens with one attached hydrogen (secondary N) is 1. The van der Waals surface area contributed by atoms with E-state index in [1.807, 2.05) is 32.3 Å². The van der Waals surface area contributed by atoms with E-state index in [1.54, 1.807) is 14.0 Å². The molecule has 21 heavy (non-hydrogen) atoms. The third kappa shape index (κ3) is 5.65. The molecule has 1 atom stereocenters. The Labute approximate surface area is 134 Å². The van der Waals surface area contributed by atoms with Crippen molar-refractivity contribution < 1.29 is 14.3 Å². The molecule has 5 nitrogen and oxygen atoms in total. The van der Waals surface area contributed by atoms with Gasteiger partial charge in [0.2, 0.25) is 0 Å². The molecule has 0 heterocycles. The number of nitrogens with zero attached hydrogens (tertiary/aromatic N) is 1. The molecule has 118 valence electrons. The second-order valence-electron chi connectivity index (χ2n) is 4.83. The van der Waals surface area contributed by atoms with E-state index in [-0.39, 0.29) is 5.97 Å². The zero-order chi connectivity index (χ0) is 15.8. The van der Waals surface area contributed by atoms with Crippen LogP contribution in [0.2, 0.25) is 0 Å². The number of esters is 1. The quantitative estimate of drug-likeness (QED) is 0.722. The fourth-order valence-electron chi connectivity index (χ4n) is 1.85. The van der Waals surface area contributed by atoms with Gasteiger partial charge in [0.05, 0.1) is 13.7 Å². The van der Waals surface area contributed by atoms with Gasteiger partial charge in [0.25, 0.3) is 0 Å². The van der Waals surface area contributed by atoms with E-state index in [0.29, 0.717) is 18.9 Å². The molecule has 0 spiro atoms. The maximum Gasteiger partial charge on any atom is 0.327 e. The fourth-order valence-corrected chi connectivity index (χ4v) is 2.32. The van der Waals surface area contributed by atoms with Gasteiger partial charge in [0.15, 0.2) is 0 Å². The monoisotopic (exact) mass is 358 g/mol. The van der Waals surface area contributed by atoms with Crippen LogP contribution in [0.5, 0.6) is 5.75 Å². The minimum Gasteiger partial charge on any atom is -0.497 e. The lowest BCUT2D eigenvalue weighted by Gasteiger charge is -2.20. The van der Waals surface area contributed by atoms with Crippen molar-refractivity contribution in [1.29, 1.82) is 0 Å². The minimum atomic E-state index is -0.519. The number of ether oxygens (including phenoxy) is 2. The molecular weight excluding hydrogens is 336 g/mol. The Kier molecular flexibility index (Phi) is 7.71. The van der Waals surface area contributed by atoms with Gasteiger partial charge in [-0.2, -0.15) is 0 Å². The third-order valence-corrected chi connectivity index (χ3v) is 3.67. The number of carbonyl (C=O) groups excluding carboxylic acids is 1. The third-order valence-electron chi connectivity index (χ3n) is 2.94. The second kappa shape index (κ2) is 9.02. The molecule has 0 aliphatic rings. The maximum atomic E-state index is 12.2. The highest BCUT2D eigenvalue weighted by atomic mass is 79.9. The molecule has 0 bridgehead atoms. The van der Waals surface area contributed by atoms with Crippen molar-refractivity contribution in [2.75, 3.05) is 40.9 Å². The van der Waals surface area contributed by atoms with Gasteiger partial charge in [0, 0.05) is 17.6 Å². The highest BCUT2D eigenvalue weighted by Gasteiger charge is 2.24. The summed E-state index contributed by atoms with van der Waals surface area (Å²) in [5.41, 5.74) is 0.812. The molecule has 0 saturated carbocycles. The number of rotatable bonds is 8. The van der Waals surface area contributed by atoms with Gasteiger partial charge in [-0.3, -0.25) is 5.32 Å². The van der Waals surface area contributed by atoms with Crippen molar-refractivity contribution in [3.63, 3.8) is 0 Å². The standard InChI is InChI=1S/C15H23BrN2O3/c1-5-21-15(19)14(17-8-9-18(2)3)12-10-11(20-4)6-7-13(12)16/h6-7,10,14,17H,5,8-9H2,1-4H3. The van der Waals surface area contributed by atoms with Gasteiger partial charge < -0.3 is 14.4 Å². The summed E-state index contributed by atoms with van der Waals surface area (Å²) >= 11 is 3.49. The van der Waals surface area contributed by atoms with Crippen LogP contribution in [0.1, 0.15) is 18.5 Å². The van der Waals surface area contributed by atoms with Crippen molar-refractivity contribution in [1.82, 2.24) is 10.2 Å². The van der Waals surface area contributed by atoms with Gasteiger partial charge in [-0.1, -0.05) is 15.9 Å². The topological polar surface area (TPSA) is 50.8 Å². The summed E-state index contributed by atoms with van der Waals surface area (Å²) in [6, 6.07) is 5.03. The number of methoxy groups -OCH3 is 1. The van der Waals surface area contributed by atoms with Crippen LogP contribution in [0.15, 0.2) is 22.7 Å². The lowest BCUT2D eigenvalue weighted by molar-refractivity contribution is -0.145. The Balaban J connectivity index is 2.96. The van der Waals surface area contributed by atoms with E-state index in [4.69, 9.17) is 9.47 Å². The summed E-state index contributed by atoms with van der Waals surface area (Å²) in [7, 11) is 5.58. The largest absolute Gasteiger partial charge is 0.497 e. The summed E-state index contributed by atoms with van der Waals surface area (Å²) in [4.78, 5) is 14.3. The van der Waals surface area contributed by atoms with Gasteiger partial charge in [-0.25, -0.2) is 4.79 Å². The number of carbonyl (C=O) groups is 1. The zero-order valence-electron chi connectivity index (χ0n) is 13.0. The van der Waals surface area contributed by atoms with Crippen molar-refractivity contribution in [2.45, 2.75) is 13.0 Å². The predicted octanol–water partition coefficient (Wildman–Crippen LogP) is 2.21. The molecule has 0 aliphatic carbocycles. The molecule has 1 unspecified atom stereocenters. The molecule has 0 fully saturated rings. The number of likely N-dealkylation sites (N-methyl/N-ethyl adjacent to an activating group) is 1. The molecule has 0 radical (unpaired) electrons. The first kappa shape index (κ1) is 17.9. The van der Waals surface area contributed by atoms with Crippen LogP contribution in [0, 0.1) is 0 Å². The van der Waals surface area contributed by atoms with Crippen LogP contribution in [0.3, 0.4) is 0 Å². The highest BCUT2D eigenvalue weighted by Crippen LogP contribution is 2.28. The Morgan fingerprint density at radius 3 is 2.71 bits per heavy atom. The average molecular weight is 359 g/mol. The summed E-state index contributed by atoms with van der Waals surface area (Å²) in [5, 5.41) is 3.24. The molecule has 6 heteroatoms. The molecule has 1 aromatic rings. The van der Waals surface area contributed by atoms with Crippen LogP contribution in [-0.4, -0.2) is 51.8 Å². The smallest absolute Gasteiger partial charge is 0.327 e. The number of hydrogen-bond acceptors (Lipinski definition) is 5. The van der Waals surface area contributed by atoms with Crippen LogP contribution in [0.25, 0.3) is 0 Å². The molecular formula is C15H23BrN2O3. The Bertz CT molecular complexity index is 466. The zero-order valence-corrected chi connectivity index (χ0v) is 14.6. The van der Waals surface area contributed by atoms with Crippen LogP contribution >= 0.6 is 15.9 Å².